The molecule has 1 amide bonds. The second kappa shape index (κ2) is 14.2. The van der Waals surface area contributed by atoms with E-state index in [1.54, 1.807) is 0 Å². The number of pyridine rings is 1. The minimum Gasteiger partial charge on any atom is -0.475 e. The number of carbonyl (C=O) groups excluding carboxylic acids is 1. The molecule has 36 heavy (non-hydrogen) atoms. The Hall–Kier alpha value is -3.44. The molecule has 0 saturated heterocycles. The highest BCUT2D eigenvalue weighted by atomic mass is 19.4. The van der Waals surface area contributed by atoms with Crippen LogP contribution < -0.4 is 21.5 Å². The molecule has 18 heteroatoms. The molecule has 0 spiro atoms. The fourth-order valence-corrected chi connectivity index (χ4v) is 2.45. The predicted molar refractivity (Wildman–Crippen MR) is 105 cm³/mol. The first-order valence-electron chi connectivity index (χ1n) is 9.71. The van der Waals surface area contributed by atoms with Crippen molar-refractivity contribution < 1.29 is 64.5 Å². The van der Waals surface area contributed by atoms with Gasteiger partial charge < -0.3 is 31.7 Å². The van der Waals surface area contributed by atoms with E-state index in [0.717, 1.165) is 31.7 Å². The van der Waals surface area contributed by atoms with Crippen LogP contribution in [0.3, 0.4) is 0 Å². The largest absolute Gasteiger partial charge is 0.490 e. The van der Waals surface area contributed by atoms with Gasteiger partial charge in [-0.05, 0) is 31.7 Å². The Labute approximate surface area is 197 Å². The van der Waals surface area contributed by atoms with Crippen molar-refractivity contribution >= 4 is 23.7 Å². The molecule has 7 N–H and O–H groups in total. The van der Waals surface area contributed by atoms with Crippen molar-refractivity contribution in [3.63, 3.8) is 0 Å². The third-order valence-corrected chi connectivity index (χ3v) is 4.12. The lowest BCUT2D eigenvalue weighted by Gasteiger charge is -2.27. The molecule has 1 saturated carbocycles. The summed E-state index contributed by atoms with van der Waals surface area (Å²) in [6.45, 7) is -1.03. The van der Waals surface area contributed by atoms with E-state index in [9.17, 15) is 39.9 Å². The molecule has 0 unspecified atom stereocenters. The lowest BCUT2D eigenvalue weighted by molar-refractivity contribution is -0.193. The van der Waals surface area contributed by atoms with Gasteiger partial charge in [0.2, 0.25) is 5.88 Å². The number of carbonyl (C=O) groups is 3. The molecule has 0 bridgehead atoms. The normalized spacial score (nSPS) is 17.5. The molecule has 2 rings (SSSR count). The lowest BCUT2D eigenvalue weighted by Crippen LogP contribution is -2.33. The Morgan fingerprint density at radius 2 is 1.47 bits per heavy atom. The third kappa shape index (κ3) is 12.3. The number of nitrogens with two attached hydrogens (primary N) is 2. The number of ether oxygens (including phenoxy) is 1. The van der Waals surface area contributed by atoms with Crippen molar-refractivity contribution in [1.29, 1.82) is 0 Å². The summed E-state index contributed by atoms with van der Waals surface area (Å²) in [7, 11) is 0. The van der Waals surface area contributed by atoms with Crippen LogP contribution in [0.25, 0.3) is 0 Å². The van der Waals surface area contributed by atoms with E-state index in [-0.39, 0.29) is 36.0 Å². The number of anilines is 1. The van der Waals surface area contributed by atoms with Gasteiger partial charge in [0.15, 0.2) is 11.6 Å². The second-order valence-electron chi connectivity index (χ2n) is 6.94. The second-order valence-corrected chi connectivity index (χ2v) is 6.94. The van der Waals surface area contributed by atoms with Crippen molar-refractivity contribution in [3.05, 3.63) is 17.4 Å². The Morgan fingerprint density at radius 1 is 1.03 bits per heavy atom. The SMILES string of the molecule is NC(=O)c1cc(F)c(NC2CCC(N)CC2)nc1OCCF.O=C(O)C(F)(F)F.O=C(O)C(F)(F)F. The van der Waals surface area contributed by atoms with Crippen LogP contribution >= 0.6 is 0 Å². The van der Waals surface area contributed by atoms with Crippen LogP contribution in [0.4, 0.5) is 40.9 Å². The summed E-state index contributed by atoms with van der Waals surface area (Å²) in [6.07, 6.45) is -6.85. The van der Waals surface area contributed by atoms with Crippen LogP contribution in [0.2, 0.25) is 0 Å². The first kappa shape index (κ1) is 32.6. The van der Waals surface area contributed by atoms with E-state index < -0.39 is 42.7 Å². The Bertz CT molecular complexity index is 866. The lowest BCUT2D eigenvalue weighted by atomic mass is 9.92. The maximum Gasteiger partial charge on any atom is 0.490 e. The van der Waals surface area contributed by atoms with E-state index in [4.69, 9.17) is 36.0 Å². The number of nitrogens with zero attached hydrogens (tertiary/aromatic N) is 1. The van der Waals surface area contributed by atoms with Crippen molar-refractivity contribution in [1.82, 2.24) is 4.98 Å². The minimum absolute atomic E-state index is 0.0284. The Morgan fingerprint density at radius 3 is 1.83 bits per heavy atom. The summed E-state index contributed by atoms with van der Waals surface area (Å²) in [5.74, 6) is -7.28. The fraction of sp³-hybridized carbons (Fsp3) is 0.556. The molecule has 1 aromatic heterocycles. The van der Waals surface area contributed by atoms with Gasteiger partial charge in [0.1, 0.15) is 18.8 Å². The van der Waals surface area contributed by atoms with Crippen LogP contribution in [0, 0.1) is 5.82 Å². The number of primary amides is 1. The standard InChI is InChI=1S/C14H20F2N4O2.2C2HF3O2/c15-5-6-22-14-10(12(18)21)7-11(16)13(20-14)19-9-3-1-8(17)2-4-9;2*3-2(4,5)1(6)7/h7-9H,1-6,17H2,(H2,18,21)(H,19,20);2*(H,6,7). The predicted octanol–water partition coefficient (Wildman–Crippen LogP) is 2.62. The molecule has 0 aliphatic heterocycles. The molecule has 0 atom stereocenters. The van der Waals surface area contributed by atoms with Crippen LogP contribution in [0.5, 0.6) is 5.88 Å². The monoisotopic (exact) mass is 542 g/mol. The smallest absolute Gasteiger partial charge is 0.475 e. The van der Waals surface area contributed by atoms with Crippen LogP contribution in [0.1, 0.15) is 36.0 Å². The number of amides is 1. The van der Waals surface area contributed by atoms with Crippen molar-refractivity contribution in [3.8, 4) is 5.88 Å². The zero-order valence-corrected chi connectivity index (χ0v) is 18.1. The van der Waals surface area contributed by atoms with Crippen molar-refractivity contribution in [2.45, 2.75) is 50.1 Å². The zero-order valence-electron chi connectivity index (χ0n) is 18.1. The van der Waals surface area contributed by atoms with E-state index in [2.05, 4.69) is 10.3 Å². The summed E-state index contributed by atoms with van der Waals surface area (Å²) in [6, 6.07) is 1.19. The number of aromatic nitrogens is 1. The molecule has 0 aromatic carbocycles. The molecule has 1 heterocycles. The Kier molecular flexibility index (Phi) is 12.8. The summed E-state index contributed by atoms with van der Waals surface area (Å²) >= 11 is 0. The highest BCUT2D eigenvalue weighted by Crippen LogP contribution is 2.26. The third-order valence-electron chi connectivity index (χ3n) is 4.12. The summed E-state index contributed by atoms with van der Waals surface area (Å²) in [4.78, 5) is 33.0. The molecule has 1 fully saturated rings. The minimum atomic E-state index is -5.08. The van der Waals surface area contributed by atoms with E-state index >= 15 is 0 Å². The van der Waals surface area contributed by atoms with Gasteiger partial charge in [0.25, 0.3) is 5.91 Å². The molecular formula is C18H22F8N4O6. The van der Waals surface area contributed by atoms with Gasteiger partial charge in [0, 0.05) is 12.1 Å². The molecule has 10 nitrogen and oxygen atoms in total. The fourth-order valence-electron chi connectivity index (χ4n) is 2.45. The average Bonchev–Trinajstić information content (AvgIpc) is 2.74. The summed E-state index contributed by atoms with van der Waals surface area (Å²) in [5, 5.41) is 17.2. The van der Waals surface area contributed by atoms with E-state index in [0.29, 0.717) is 0 Å². The van der Waals surface area contributed by atoms with Crippen molar-refractivity contribution in [2.24, 2.45) is 11.5 Å². The number of nitrogens with one attached hydrogen (secondary N) is 1. The van der Waals surface area contributed by atoms with Gasteiger partial charge in [-0.3, -0.25) is 4.79 Å². The number of carboxylic acids is 2. The first-order valence-corrected chi connectivity index (χ1v) is 9.71. The van der Waals surface area contributed by atoms with Gasteiger partial charge in [-0.15, -0.1) is 0 Å². The first-order chi connectivity index (χ1) is 16.4. The number of aliphatic carboxylic acids is 2. The van der Waals surface area contributed by atoms with Gasteiger partial charge in [-0.1, -0.05) is 0 Å². The number of rotatable bonds is 6. The van der Waals surface area contributed by atoms with E-state index in [1.165, 1.54) is 0 Å². The van der Waals surface area contributed by atoms with Gasteiger partial charge in [-0.2, -0.15) is 31.3 Å². The molecule has 0 radical (unpaired) electrons. The van der Waals surface area contributed by atoms with Gasteiger partial charge in [-0.25, -0.2) is 18.4 Å². The summed E-state index contributed by atoms with van der Waals surface area (Å²) in [5.41, 5.74) is 10.8. The van der Waals surface area contributed by atoms with Gasteiger partial charge in [0.05, 0.1) is 0 Å². The number of hydrogen-bond donors (Lipinski definition) is 5. The highest BCUT2D eigenvalue weighted by Gasteiger charge is 2.38. The maximum atomic E-state index is 14.1. The molecule has 1 aliphatic carbocycles. The molecule has 1 aliphatic rings. The number of alkyl halides is 7. The number of carboxylic acid groups (broad SMARTS) is 2. The number of halogens is 8. The molecule has 206 valence electrons. The molecule has 1 aromatic rings. The quantitative estimate of drug-likeness (QED) is 0.338. The van der Waals surface area contributed by atoms with Crippen molar-refractivity contribution in [2.75, 3.05) is 18.6 Å². The van der Waals surface area contributed by atoms with Gasteiger partial charge >= 0.3 is 24.3 Å². The van der Waals surface area contributed by atoms with E-state index in [1.807, 2.05) is 0 Å². The summed E-state index contributed by atoms with van der Waals surface area (Å²) < 4.78 is 94.8. The maximum absolute atomic E-state index is 14.1. The van der Waals surface area contributed by atoms with Crippen LogP contribution in [-0.2, 0) is 9.59 Å². The average molecular weight is 542 g/mol. The topological polar surface area (TPSA) is 178 Å². The number of hydrogen-bond acceptors (Lipinski definition) is 7. The van der Waals surface area contributed by atoms with Crippen LogP contribution in [-0.4, -0.2) is 70.8 Å². The highest BCUT2D eigenvalue weighted by molar-refractivity contribution is 5.95. The zero-order chi connectivity index (χ0) is 28.3. The van der Waals surface area contributed by atoms with Crippen LogP contribution in [0.15, 0.2) is 6.07 Å². The molecular weight excluding hydrogens is 520 g/mol. The Balaban J connectivity index is 0.000000720.